The van der Waals surface area contributed by atoms with Gasteiger partial charge >= 0.3 is 0 Å². The Morgan fingerprint density at radius 2 is 2.32 bits per heavy atom. The first-order valence-corrected chi connectivity index (χ1v) is 7.86. The third-order valence-electron chi connectivity index (χ3n) is 3.75. The molecule has 2 unspecified atom stereocenters. The predicted molar refractivity (Wildman–Crippen MR) is 80.0 cm³/mol. The van der Waals surface area contributed by atoms with E-state index in [9.17, 15) is 0 Å². The number of nitrogens with zero attached hydrogens (tertiary/aromatic N) is 1. The number of aromatic nitrogens is 1. The third kappa shape index (κ3) is 2.74. The number of rotatable bonds is 3. The van der Waals surface area contributed by atoms with Crippen LogP contribution in [0.15, 0.2) is 18.2 Å². The molecular formula is C15H20N2OS. The Balaban J connectivity index is 1.88. The van der Waals surface area contributed by atoms with Crippen LogP contribution in [-0.4, -0.2) is 17.6 Å². The summed E-state index contributed by atoms with van der Waals surface area (Å²) in [6.07, 6.45) is 4.70. The summed E-state index contributed by atoms with van der Waals surface area (Å²) in [7, 11) is 0. The van der Waals surface area contributed by atoms with Crippen LogP contribution < -0.4 is 10.5 Å². The Kier molecular flexibility index (Phi) is 3.71. The third-order valence-corrected chi connectivity index (χ3v) is 4.93. The van der Waals surface area contributed by atoms with Gasteiger partial charge in [0.25, 0.3) is 0 Å². The van der Waals surface area contributed by atoms with Crippen LogP contribution in [0.3, 0.4) is 0 Å². The fourth-order valence-electron chi connectivity index (χ4n) is 2.81. The largest absolute Gasteiger partial charge is 0.494 e. The molecule has 1 aliphatic carbocycles. The zero-order chi connectivity index (χ0) is 13.2. The van der Waals surface area contributed by atoms with Crippen molar-refractivity contribution >= 4 is 21.6 Å². The number of benzene rings is 1. The smallest absolute Gasteiger partial charge is 0.120 e. The summed E-state index contributed by atoms with van der Waals surface area (Å²) in [6.45, 7) is 2.71. The van der Waals surface area contributed by atoms with Gasteiger partial charge in [0.1, 0.15) is 5.75 Å². The van der Waals surface area contributed by atoms with Gasteiger partial charge in [-0.05, 0) is 44.4 Å². The molecule has 0 bridgehead atoms. The van der Waals surface area contributed by atoms with E-state index in [1.54, 1.807) is 11.3 Å². The molecule has 3 rings (SSSR count). The molecule has 1 saturated carbocycles. The second kappa shape index (κ2) is 5.47. The summed E-state index contributed by atoms with van der Waals surface area (Å²) in [5.41, 5.74) is 7.16. The normalized spacial score (nSPS) is 23.7. The lowest BCUT2D eigenvalue weighted by Crippen LogP contribution is -2.26. The molecule has 1 heterocycles. The van der Waals surface area contributed by atoms with E-state index in [-0.39, 0.29) is 0 Å². The Bertz CT molecular complexity index is 566. The molecule has 3 nitrogen and oxygen atoms in total. The second-order valence-electron chi connectivity index (χ2n) is 5.24. The van der Waals surface area contributed by atoms with Crippen molar-refractivity contribution in [2.75, 3.05) is 6.61 Å². The van der Waals surface area contributed by atoms with Crippen molar-refractivity contribution in [3.05, 3.63) is 23.2 Å². The molecule has 102 valence electrons. The minimum atomic E-state index is 0.352. The first kappa shape index (κ1) is 12.9. The molecule has 0 spiro atoms. The summed E-state index contributed by atoms with van der Waals surface area (Å²) >= 11 is 1.80. The van der Waals surface area contributed by atoms with E-state index in [0.29, 0.717) is 18.6 Å². The van der Waals surface area contributed by atoms with Gasteiger partial charge in [0, 0.05) is 12.0 Å². The van der Waals surface area contributed by atoms with Crippen LogP contribution in [0.4, 0.5) is 0 Å². The SMILES string of the molecule is CCOc1ccc2nc(C3CCCC(N)C3)sc2c1. The summed E-state index contributed by atoms with van der Waals surface area (Å²) in [5.74, 6) is 1.49. The molecule has 0 amide bonds. The van der Waals surface area contributed by atoms with E-state index in [4.69, 9.17) is 15.5 Å². The van der Waals surface area contributed by atoms with E-state index in [1.807, 2.05) is 13.0 Å². The topological polar surface area (TPSA) is 48.1 Å². The Morgan fingerprint density at radius 3 is 3.11 bits per heavy atom. The van der Waals surface area contributed by atoms with Crippen molar-refractivity contribution in [1.29, 1.82) is 0 Å². The second-order valence-corrected chi connectivity index (χ2v) is 6.30. The van der Waals surface area contributed by atoms with E-state index < -0.39 is 0 Å². The van der Waals surface area contributed by atoms with Crippen LogP contribution in [0, 0.1) is 0 Å². The molecule has 1 aromatic carbocycles. The lowest BCUT2D eigenvalue weighted by atomic mass is 9.87. The van der Waals surface area contributed by atoms with E-state index in [2.05, 4.69) is 12.1 Å². The van der Waals surface area contributed by atoms with Gasteiger partial charge < -0.3 is 10.5 Å². The molecule has 1 aromatic heterocycles. The maximum Gasteiger partial charge on any atom is 0.120 e. The summed E-state index contributed by atoms with van der Waals surface area (Å²) in [5, 5.41) is 1.25. The Labute approximate surface area is 117 Å². The Morgan fingerprint density at radius 1 is 1.42 bits per heavy atom. The van der Waals surface area contributed by atoms with Crippen molar-refractivity contribution in [1.82, 2.24) is 4.98 Å². The van der Waals surface area contributed by atoms with Crippen molar-refractivity contribution in [2.24, 2.45) is 5.73 Å². The lowest BCUT2D eigenvalue weighted by molar-refractivity contribution is 0.341. The average Bonchev–Trinajstić information content (AvgIpc) is 2.82. The summed E-state index contributed by atoms with van der Waals surface area (Å²) in [4.78, 5) is 4.78. The zero-order valence-electron chi connectivity index (χ0n) is 11.3. The van der Waals surface area contributed by atoms with Crippen LogP contribution in [0.25, 0.3) is 10.2 Å². The number of nitrogens with two attached hydrogens (primary N) is 1. The molecule has 0 radical (unpaired) electrons. The fraction of sp³-hybridized carbons (Fsp3) is 0.533. The van der Waals surface area contributed by atoms with Crippen molar-refractivity contribution in [2.45, 2.75) is 44.6 Å². The molecule has 1 fully saturated rings. The molecular weight excluding hydrogens is 256 g/mol. The van der Waals surface area contributed by atoms with Crippen molar-refractivity contribution in [3.8, 4) is 5.75 Å². The van der Waals surface area contributed by atoms with Crippen LogP contribution in [0.5, 0.6) is 5.75 Å². The van der Waals surface area contributed by atoms with Gasteiger partial charge in [0.15, 0.2) is 0 Å². The standard InChI is InChI=1S/C15H20N2OS/c1-2-18-12-6-7-13-14(9-12)19-15(17-13)10-4-3-5-11(16)8-10/h6-7,9-11H,2-5,8,16H2,1H3. The molecule has 0 saturated heterocycles. The van der Waals surface area contributed by atoms with Crippen LogP contribution >= 0.6 is 11.3 Å². The van der Waals surface area contributed by atoms with Gasteiger partial charge in [-0.1, -0.05) is 6.42 Å². The monoisotopic (exact) mass is 276 g/mol. The lowest BCUT2D eigenvalue weighted by Gasteiger charge is -2.24. The predicted octanol–water partition coefficient (Wildman–Crippen LogP) is 3.68. The number of hydrogen-bond donors (Lipinski definition) is 1. The maximum absolute atomic E-state index is 6.08. The average molecular weight is 276 g/mol. The molecule has 2 N–H and O–H groups in total. The highest BCUT2D eigenvalue weighted by molar-refractivity contribution is 7.18. The first-order chi connectivity index (χ1) is 9.26. The quantitative estimate of drug-likeness (QED) is 0.930. The van der Waals surface area contributed by atoms with E-state index >= 15 is 0 Å². The molecule has 2 atom stereocenters. The molecule has 1 aliphatic rings. The van der Waals surface area contributed by atoms with Gasteiger partial charge in [-0.2, -0.15) is 0 Å². The molecule has 0 aliphatic heterocycles. The van der Waals surface area contributed by atoms with Crippen LogP contribution in [0.2, 0.25) is 0 Å². The highest BCUT2D eigenvalue weighted by atomic mass is 32.1. The number of fused-ring (bicyclic) bond motifs is 1. The van der Waals surface area contributed by atoms with Crippen molar-refractivity contribution in [3.63, 3.8) is 0 Å². The maximum atomic E-state index is 6.08. The Hall–Kier alpha value is -1.13. The minimum absolute atomic E-state index is 0.352. The van der Waals surface area contributed by atoms with E-state index in [0.717, 1.165) is 24.1 Å². The van der Waals surface area contributed by atoms with Gasteiger partial charge in [-0.25, -0.2) is 4.98 Å². The van der Waals surface area contributed by atoms with Crippen LogP contribution in [0.1, 0.15) is 43.5 Å². The van der Waals surface area contributed by atoms with Crippen molar-refractivity contribution < 1.29 is 4.74 Å². The van der Waals surface area contributed by atoms with E-state index in [1.165, 1.54) is 22.5 Å². The minimum Gasteiger partial charge on any atom is -0.494 e. The summed E-state index contributed by atoms with van der Waals surface area (Å²) < 4.78 is 6.77. The molecule has 2 aromatic rings. The van der Waals surface area contributed by atoms with Gasteiger partial charge in [-0.3, -0.25) is 0 Å². The fourth-order valence-corrected chi connectivity index (χ4v) is 3.95. The molecule has 4 heteroatoms. The number of hydrogen-bond acceptors (Lipinski definition) is 4. The van der Waals surface area contributed by atoms with Gasteiger partial charge in [-0.15, -0.1) is 11.3 Å². The number of ether oxygens (including phenoxy) is 1. The zero-order valence-corrected chi connectivity index (χ0v) is 12.1. The highest BCUT2D eigenvalue weighted by Crippen LogP contribution is 2.37. The first-order valence-electron chi connectivity index (χ1n) is 7.05. The van der Waals surface area contributed by atoms with Crippen LogP contribution in [-0.2, 0) is 0 Å². The van der Waals surface area contributed by atoms with Gasteiger partial charge in [0.05, 0.1) is 21.8 Å². The summed E-state index contributed by atoms with van der Waals surface area (Å²) in [6, 6.07) is 6.51. The van der Waals surface area contributed by atoms with Gasteiger partial charge in [0.2, 0.25) is 0 Å². The number of thiazole rings is 1. The molecule has 19 heavy (non-hydrogen) atoms. The highest BCUT2D eigenvalue weighted by Gasteiger charge is 2.23.